The lowest BCUT2D eigenvalue weighted by molar-refractivity contribution is 0.473. The fourth-order valence-corrected chi connectivity index (χ4v) is 1.71. The maximum atomic E-state index is 10.1. The zero-order valence-electron chi connectivity index (χ0n) is 10.4. The molecule has 0 aromatic rings. The molecule has 6 nitrogen and oxygen atoms in total. The van der Waals surface area contributed by atoms with Crippen molar-refractivity contribution in [1.29, 1.82) is 0 Å². The van der Waals surface area contributed by atoms with Crippen LogP contribution in [-0.4, -0.2) is 37.4 Å². The van der Waals surface area contributed by atoms with Gasteiger partial charge in [0.1, 0.15) is 0 Å². The van der Waals surface area contributed by atoms with Crippen molar-refractivity contribution in [2.45, 2.75) is 12.8 Å². The van der Waals surface area contributed by atoms with Gasteiger partial charge in [0.2, 0.25) is 0 Å². The maximum absolute atomic E-state index is 10.1. The maximum Gasteiger partial charge on any atom is 0.264 e. The van der Waals surface area contributed by atoms with Gasteiger partial charge in [0.25, 0.3) is 20.2 Å². The Bertz CT molecular complexity index is 319. The predicted octanol–water partition coefficient (Wildman–Crippen LogP) is 1.95. The summed E-state index contributed by atoms with van der Waals surface area (Å²) in [6.45, 7) is 18.0. The Hall–Kier alpha value is -0.960. The molecule has 0 aliphatic heterocycles. The van der Waals surface area contributed by atoms with Gasteiger partial charge in [-0.05, 0) is 12.8 Å². The molecule has 0 bridgehead atoms. The van der Waals surface area contributed by atoms with Crippen molar-refractivity contribution in [2.24, 2.45) is 0 Å². The van der Waals surface area contributed by atoms with Gasteiger partial charge in [0.05, 0.1) is 11.5 Å². The van der Waals surface area contributed by atoms with Crippen molar-refractivity contribution in [3.8, 4) is 0 Å². The Morgan fingerprint density at radius 3 is 0.889 bits per heavy atom. The van der Waals surface area contributed by atoms with E-state index in [1.807, 2.05) is 0 Å². The largest absolute Gasteiger partial charge is 0.286 e. The molecular formula is C10H22O6S2. The van der Waals surface area contributed by atoms with Crippen molar-refractivity contribution >= 4 is 20.2 Å². The van der Waals surface area contributed by atoms with E-state index in [9.17, 15) is 16.8 Å². The summed E-state index contributed by atoms with van der Waals surface area (Å²) in [5, 5.41) is 0. The van der Waals surface area contributed by atoms with Crippen molar-refractivity contribution < 1.29 is 25.9 Å². The normalized spacial score (nSPS) is 9.44. The number of hydrogen-bond donors (Lipinski definition) is 2. The third-order valence-electron chi connectivity index (χ3n) is 1.05. The highest BCUT2D eigenvalue weighted by molar-refractivity contribution is 7.86. The lowest BCUT2D eigenvalue weighted by Crippen LogP contribution is -2.08. The van der Waals surface area contributed by atoms with Crippen molar-refractivity contribution in [1.82, 2.24) is 0 Å². The first-order chi connectivity index (χ1) is 8.21. The monoisotopic (exact) mass is 302 g/mol. The Balaban J connectivity index is -0.000000141. The molecule has 0 atom stereocenters. The summed E-state index contributed by atoms with van der Waals surface area (Å²) in [7, 11) is -8.04. The fraction of sp³-hybridized carbons (Fsp3) is 0.400. The van der Waals surface area contributed by atoms with Crippen LogP contribution in [0.1, 0.15) is 12.8 Å². The van der Waals surface area contributed by atoms with Gasteiger partial charge in [0.15, 0.2) is 0 Å². The van der Waals surface area contributed by atoms with Crippen LogP contribution in [0.4, 0.5) is 0 Å². The van der Waals surface area contributed by atoms with Crippen LogP contribution in [0.15, 0.2) is 39.5 Å². The molecular weight excluding hydrogens is 280 g/mol. The summed E-state index contributed by atoms with van der Waals surface area (Å²) in [6.07, 6.45) is 0.0250. The van der Waals surface area contributed by atoms with E-state index in [0.29, 0.717) is 0 Å². The molecule has 0 aliphatic rings. The molecule has 0 aliphatic carbocycles. The molecule has 8 heteroatoms. The van der Waals surface area contributed by atoms with E-state index >= 15 is 0 Å². The summed E-state index contributed by atoms with van der Waals surface area (Å²) in [4.78, 5) is 0. The second-order valence-corrected chi connectivity index (χ2v) is 5.42. The average Bonchev–Trinajstić information content (AvgIpc) is 2.30. The molecule has 0 spiro atoms. The minimum atomic E-state index is -4.02. The quantitative estimate of drug-likeness (QED) is 0.456. The van der Waals surface area contributed by atoms with Crippen LogP contribution in [0.3, 0.4) is 0 Å². The molecule has 2 N–H and O–H groups in total. The Labute approximate surface area is 110 Å². The SMILES string of the molecule is C=C.C=C.C=C.O=S(=O)(O)CCCCS(=O)(=O)O. The first kappa shape index (κ1) is 25.8. The van der Waals surface area contributed by atoms with Crippen LogP contribution in [0.25, 0.3) is 0 Å². The molecule has 0 radical (unpaired) electrons. The second-order valence-electron chi connectivity index (χ2n) is 2.28. The Morgan fingerprint density at radius 1 is 0.611 bits per heavy atom. The molecule has 0 aromatic heterocycles. The van der Waals surface area contributed by atoms with Crippen LogP contribution >= 0.6 is 0 Å². The van der Waals surface area contributed by atoms with Crippen LogP contribution in [0.2, 0.25) is 0 Å². The molecule has 0 rings (SSSR count). The molecule has 110 valence electrons. The van der Waals surface area contributed by atoms with E-state index in [1.165, 1.54) is 0 Å². The smallest absolute Gasteiger partial charge is 0.264 e. The number of unbranched alkanes of at least 4 members (excludes halogenated alkanes) is 1. The topological polar surface area (TPSA) is 109 Å². The van der Waals surface area contributed by atoms with Crippen molar-refractivity contribution in [3.63, 3.8) is 0 Å². The van der Waals surface area contributed by atoms with E-state index in [2.05, 4.69) is 39.5 Å². The van der Waals surface area contributed by atoms with E-state index in [4.69, 9.17) is 9.11 Å². The molecule has 0 saturated carbocycles. The van der Waals surface area contributed by atoms with Crippen LogP contribution in [0.5, 0.6) is 0 Å². The summed E-state index contributed by atoms with van der Waals surface area (Å²) in [5.41, 5.74) is 0. The summed E-state index contributed by atoms with van der Waals surface area (Å²) < 4.78 is 56.8. The first-order valence-corrected chi connectivity index (χ1v) is 7.83. The van der Waals surface area contributed by atoms with Crippen molar-refractivity contribution in [3.05, 3.63) is 39.5 Å². The Kier molecular flexibility index (Phi) is 23.0. The molecule has 0 fully saturated rings. The lowest BCUT2D eigenvalue weighted by Gasteiger charge is -1.96. The van der Waals surface area contributed by atoms with Crippen LogP contribution in [-0.2, 0) is 20.2 Å². The third-order valence-corrected chi connectivity index (χ3v) is 2.66. The fourth-order valence-electron chi connectivity index (χ4n) is 0.569. The highest BCUT2D eigenvalue weighted by atomic mass is 32.2. The Morgan fingerprint density at radius 2 is 0.778 bits per heavy atom. The number of hydrogen-bond acceptors (Lipinski definition) is 4. The molecule has 0 heterocycles. The van der Waals surface area contributed by atoms with E-state index in [0.717, 1.165) is 0 Å². The minimum absolute atomic E-state index is 0.0125. The van der Waals surface area contributed by atoms with Gasteiger partial charge < -0.3 is 0 Å². The van der Waals surface area contributed by atoms with E-state index < -0.39 is 31.7 Å². The van der Waals surface area contributed by atoms with Gasteiger partial charge in [-0.3, -0.25) is 9.11 Å². The van der Waals surface area contributed by atoms with Crippen molar-refractivity contribution in [2.75, 3.05) is 11.5 Å². The third kappa shape index (κ3) is 45.9. The number of rotatable bonds is 5. The second kappa shape index (κ2) is 16.0. The molecule has 0 aromatic carbocycles. The van der Waals surface area contributed by atoms with Crippen LogP contribution in [0, 0.1) is 0 Å². The minimum Gasteiger partial charge on any atom is -0.286 e. The summed E-state index contributed by atoms with van der Waals surface area (Å²) >= 11 is 0. The standard InChI is InChI=1S/C4H10O6S2.3C2H4/c5-11(6,7)3-1-2-4-12(8,9)10;3*1-2/h1-4H2,(H,5,6,7)(H,8,9,10);3*1-2H2. The first-order valence-electron chi connectivity index (χ1n) is 4.61. The van der Waals surface area contributed by atoms with Gasteiger partial charge in [-0.1, -0.05) is 0 Å². The molecule has 0 amide bonds. The van der Waals surface area contributed by atoms with Gasteiger partial charge in [0, 0.05) is 0 Å². The van der Waals surface area contributed by atoms with Crippen LogP contribution < -0.4 is 0 Å². The van der Waals surface area contributed by atoms with Gasteiger partial charge >= 0.3 is 0 Å². The predicted molar refractivity (Wildman–Crippen MR) is 75.8 cm³/mol. The molecule has 0 unspecified atom stereocenters. The highest BCUT2D eigenvalue weighted by Crippen LogP contribution is 1.96. The highest BCUT2D eigenvalue weighted by Gasteiger charge is 2.07. The zero-order chi connectivity index (χ0) is 15.8. The van der Waals surface area contributed by atoms with Gasteiger partial charge in [-0.25, -0.2) is 0 Å². The average molecular weight is 302 g/mol. The van der Waals surface area contributed by atoms with Gasteiger partial charge in [-0.15, -0.1) is 39.5 Å². The summed E-state index contributed by atoms with van der Waals surface area (Å²) in [6, 6.07) is 0. The summed E-state index contributed by atoms with van der Waals surface area (Å²) in [5.74, 6) is -0.967. The zero-order valence-corrected chi connectivity index (χ0v) is 12.0. The van der Waals surface area contributed by atoms with Gasteiger partial charge in [-0.2, -0.15) is 16.8 Å². The van der Waals surface area contributed by atoms with E-state index in [-0.39, 0.29) is 12.8 Å². The lowest BCUT2D eigenvalue weighted by atomic mass is 10.4. The molecule has 18 heavy (non-hydrogen) atoms. The molecule has 0 saturated heterocycles. The van der Waals surface area contributed by atoms with E-state index in [1.54, 1.807) is 0 Å².